The van der Waals surface area contributed by atoms with E-state index < -0.39 is 0 Å². The van der Waals surface area contributed by atoms with Crippen LogP contribution < -0.4 is 10.9 Å². The van der Waals surface area contributed by atoms with Crippen LogP contribution in [0, 0.1) is 0 Å². The third kappa shape index (κ3) is 1.87. The van der Waals surface area contributed by atoms with Crippen molar-refractivity contribution in [3.05, 3.63) is 16.7 Å². The summed E-state index contributed by atoms with van der Waals surface area (Å²) in [6.07, 6.45) is 1.47. The quantitative estimate of drug-likeness (QED) is 0.848. The highest BCUT2D eigenvalue weighted by Crippen LogP contribution is 2.13. The number of anilines is 1. The number of aromatic nitrogens is 4. The normalized spacial score (nSPS) is 11.2. The predicted octanol–water partition coefficient (Wildman–Crippen LogP) is 0.669. The average molecular weight is 249 g/mol. The Morgan fingerprint density at radius 2 is 2.11 bits per heavy atom. The molecule has 2 aromatic heterocycles. The topological polar surface area (TPSA) is 81.8 Å². The Labute approximate surface area is 103 Å². The Bertz CT molecular complexity index is 668. The number of hydrogen-bond donors (Lipinski definition) is 1. The molecule has 0 aliphatic carbocycles. The minimum Gasteiger partial charge on any atom is -0.307 e. The zero-order valence-electron chi connectivity index (χ0n) is 10.8. The van der Waals surface area contributed by atoms with Gasteiger partial charge in [0, 0.05) is 20.0 Å². The number of nitrogens with zero attached hydrogens (tertiary/aromatic N) is 4. The van der Waals surface area contributed by atoms with Crippen molar-refractivity contribution in [2.75, 3.05) is 5.32 Å². The Morgan fingerprint density at radius 1 is 1.44 bits per heavy atom. The van der Waals surface area contributed by atoms with Crippen molar-refractivity contribution in [1.29, 1.82) is 0 Å². The largest absolute Gasteiger partial charge is 0.307 e. The van der Waals surface area contributed by atoms with Gasteiger partial charge in [-0.3, -0.25) is 19.5 Å². The first-order valence-corrected chi connectivity index (χ1v) is 5.63. The minimum absolute atomic E-state index is 0.0218. The maximum atomic E-state index is 12.2. The van der Waals surface area contributed by atoms with E-state index in [-0.39, 0.29) is 17.5 Å². The predicted molar refractivity (Wildman–Crippen MR) is 67.5 cm³/mol. The summed E-state index contributed by atoms with van der Waals surface area (Å²) >= 11 is 0. The summed E-state index contributed by atoms with van der Waals surface area (Å²) in [6.45, 7) is 5.19. The van der Waals surface area contributed by atoms with Crippen LogP contribution in [0.3, 0.4) is 0 Å². The molecule has 1 amide bonds. The van der Waals surface area contributed by atoms with Crippen LogP contribution in [0.4, 0.5) is 5.95 Å². The lowest BCUT2D eigenvalue weighted by molar-refractivity contribution is -0.114. The molecule has 7 heteroatoms. The fourth-order valence-electron chi connectivity index (χ4n) is 1.74. The van der Waals surface area contributed by atoms with Gasteiger partial charge in [0.25, 0.3) is 5.56 Å². The summed E-state index contributed by atoms with van der Waals surface area (Å²) in [5.41, 5.74) is 0.555. The van der Waals surface area contributed by atoms with Gasteiger partial charge in [-0.05, 0) is 13.8 Å². The number of rotatable bonds is 2. The second-order valence-electron chi connectivity index (χ2n) is 4.40. The van der Waals surface area contributed by atoms with Gasteiger partial charge in [-0.25, -0.2) is 4.98 Å². The molecular weight excluding hydrogens is 234 g/mol. The SMILES string of the molecule is CC(=O)Nc1nc2ncn(C(C)C)c(=O)c2n1C. The summed E-state index contributed by atoms with van der Waals surface area (Å²) in [6, 6.07) is 0.0218. The van der Waals surface area contributed by atoms with Crippen molar-refractivity contribution in [3.8, 4) is 0 Å². The first-order valence-electron chi connectivity index (χ1n) is 5.63. The third-order valence-electron chi connectivity index (χ3n) is 2.66. The number of carbonyl (C=O) groups is 1. The summed E-state index contributed by atoms with van der Waals surface area (Å²) < 4.78 is 3.08. The van der Waals surface area contributed by atoms with Gasteiger partial charge in [0.1, 0.15) is 6.33 Å². The first kappa shape index (κ1) is 12.3. The van der Waals surface area contributed by atoms with Crippen LogP contribution >= 0.6 is 0 Å². The van der Waals surface area contributed by atoms with Crippen molar-refractivity contribution in [1.82, 2.24) is 19.1 Å². The fourth-order valence-corrected chi connectivity index (χ4v) is 1.74. The van der Waals surface area contributed by atoms with Crippen LogP contribution in [-0.4, -0.2) is 25.0 Å². The average Bonchev–Trinajstić information content (AvgIpc) is 2.55. The molecule has 0 aliphatic rings. The highest BCUT2D eigenvalue weighted by atomic mass is 16.1. The van der Waals surface area contributed by atoms with E-state index in [1.807, 2.05) is 13.8 Å². The van der Waals surface area contributed by atoms with E-state index in [4.69, 9.17) is 0 Å². The number of fused-ring (bicyclic) bond motifs is 1. The molecule has 0 aromatic carbocycles. The van der Waals surface area contributed by atoms with Gasteiger partial charge in [0.2, 0.25) is 11.9 Å². The van der Waals surface area contributed by atoms with E-state index in [1.54, 1.807) is 11.6 Å². The molecule has 0 bridgehead atoms. The molecule has 18 heavy (non-hydrogen) atoms. The van der Waals surface area contributed by atoms with Crippen molar-refractivity contribution in [2.24, 2.45) is 7.05 Å². The molecule has 2 aromatic rings. The van der Waals surface area contributed by atoms with Gasteiger partial charge in [0.05, 0.1) is 0 Å². The van der Waals surface area contributed by atoms with Crippen LogP contribution in [0.2, 0.25) is 0 Å². The highest BCUT2D eigenvalue weighted by Gasteiger charge is 2.15. The van der Waals surface area contributed by atoms with E-state index in [9.17, 15) is 9.59 Å². The van der Waals surface area contributed by atoms with Gasteiger partial charge < -0.3 is 4.57 Å². The minimum atomic E-state index is -0.238. The lowest BCUT2D eigenvalue weighted by Crippen LogP contribution is -2.23. The Balaban J connectivity index is 2.70. The standard InChI is InChI=1S/C11H15N5O2/c1-6(2)16-5-12-9-8(10(16)18)15(4)11(14-9)13-7(3)17/h5-6H,1-4H3,(H,13,14,17). The van der Waals surface area contributed by atoms with Crippen LogP contribution in [0.1, 0.15) is 26.8 Å². The van der Waals surface area contributed by atoms with Crippen LogP contribution in [0.5, 0.6) is 0 Å². The molecule has 0 spiro atoms. The first-order chi connectivity index (χ1) is 8.41. The highest BCUT2D eigenvalue weighted by molar-refractivity contribution is 5.88. The number of imidazole rings is 1. The van der Waals surface area contributed by atoms with Gasteiger partial charge >= 0.3 is 0 Å². The van der Waals surface area contributed by atoms with E-state index in [1.165, 1.54) is 17.8 Å². The van der Waals surface area contributed by atoms with E-state index in [2.05, 4.69) is 15.3 Å². The molecule has 0 fully saturated rings. The summed E-state index contributed by atoms with van der Waals surface area (Å²) in [7, 11) is 1.67. The van der Waals surface area contributed by atoms with Crippen LogP contribution in [-0.2, 0) is 11.8 Å². The van der Waals surface area contributed by atoms with E-state index in [0.717, 1.165) is 0 Å². The van der Waals surface area contributed by atoms with Crippen molar-refractivity contribution in [2.45, 2.75) is 26.8 Å². The van der Waals surface area contributed by atoms with Crippen molar-refractivity contribution in [3.63, 3.8) is 0 Å². The molecule has 0 atom stereocenters. The number of carbonyl (C=O) groups excluding carboxylic acids is 1. The zero-order valence-corrected chi connectivity index (χ0v) is 10.8. The summed E-state index contributed by atoms with van der Waals surface area (Å²) in [5, 5.41) is 2.56. The molecule has 7 nitrogen and oxygen atoms in total. The maximum Gasteiger partial charge on any atom is 0.279 e. The molecule has 0 aliphatic heterocycles. The molecule has 2 rings (SSSR count). The lowest BCUT2D eigenvalue weighted by Gasteiger charge is -2.08. The monoisotopic (exact) mass is 249 g/mol. The Morgan fingerprint density at radius 3 is 2.67 bits per heavy atom. The summed E-state index contributed by atoms with van der Waals surface area (Å²) in [4.78, 5) is 31.5. The smallest absolute Gasteiger partial charge is 0.279 e. The van der Waals surface area contributed by atoms with Crippen molar-refractivity contribution >= 4 is 23.0 Å². The molecule has 0 unspecified atom stereocenters. The van der Waals surface area contributed by atoms with Gasteiger partial charge in [-0.2, -0.15) is 4.98 Å². The second kappa shape index (κ2) is 4.25. The maximum absolute atomic E-state index is 12.2. The molecule has 0 radical (unpaired) electrons. The molecule has 1 N–H and O–H groups in total. The molecule has 0 saturated heterocycles. The third-order valence-corrected chi connectivity index (χ3v) is 2.66. The Hall–Kier alpha value is -2.18. The van der Waals surface area contributed by atoms with Gasteiger partial charge in [-0.15, -0.1) is 0 Å². The lowest BCUT2D eigenvalue weighted by atomic mass is 10.4. The second-order valence-corrected chi connectivity index (χ2v) is 4.40. The van der Waals surface area contributed by atoms with Crippen LogP contribution in [0.15, 0.2) is 11.1 Å². The van der Waals surface area contributed by atoms with Gasteiger partial charge in [-0.1, -0.05) is 0 Å². The summed E-state index contributed by atoms with van der Waals surface area (Å²) in [5.74, 6) is 0.0844. The van der Waals surface area contributed by atoms with E-state index >= 15 is 0 Å². The number of amides is 1. The number of hydrogen-bond acceptors (Lipinski definition) is 4. The van der Waals surface area contributed by atoms with E-state index in [0.29, 0.717) is 17.1 Å². The number of nitrogens with one attached hydrogen (secondary N) is 1. The zero-order chi connectivity index (χ0) is 13.4. The molecule has 96 valence electrons. The van der Waals surface area contributed by atoms with Crippen LogP contribution in [0.25, 0.3) is 11.2 Å². The van der Waals surface area contributed by atoms with Gasteiger partial charge in [0.15, 0.2) is 11.2 Å². The Kier molecular flexibility index (Phi) is 2.90. The fraction of sp³-hybridized carbons (Fsp3) is 0.455. The molecular formula is C11H15N5O2. The molecule has 2 heterocycles. The van der Waals surface area contributed by atoms with Crippen molar-refractivity contribution < 1.29 is 4.79 Å². The molecule has 0 saturated carbocycles. The number of aryl methyl sites for hydroxylation is 1.